The molecule has 2 nitrogen and oxygen atoms in total. The lowest BCUT2D eigenvalue weighted by Crippen LogP contribution is -2.06. The van der Waals surface area contributed by atoms with Crippen LogP contribution in [0.15, 0.2) is 18.2 Å². The molecule has 3 rings (SSSR count). The molecule has 1 aromatic rings. The van der Waals surface area contributed by atoms with Crippen LogP contribution >= 0.6 is 0 Å². The Morgan fingerprint density at radius 3 is 2.80 bits per heavy atom. The molecule has 0 amide bonds. The Morgan fingerprint density at radius 2 is 2.00 bits per heavy atom. The van der Waals surface area contributed by atoms with Gasteiger partial charge in [0, 0.05) is 0 Å². The van der Waals surface area contributed by atoms with Crippen molar-refractivity contribution in [1.82, 2.24) is 0 Å². The maximum Gasteiger partial charge on any atom is 0.338 e. The second-order valence-electron chi connectivity index (χ2n) is 4.04. The fourth-order valence-corrected chi connectivity index (χ4v) is 2.12. The largest absolute Gasteiger partial charge is 0.465 e. The van der Waals surface area contributed by atoms with Crippen LogP contribution in [-0.2, 0) is 17.6 Å². The van der Waals surface area contributed by atoms with E-state index in [0.717, 1.165) is 24.0 Å². The van der Waals surface area contributed by atoms with Crippen LogP contribution in [0.25, 0.3) is 0 Å². The monoisotopic (exact) mass is 204 g/mol. The molecule has 80 valence electrons. The number of hydrogen-bond acceptors (Lipinski definition) is 2. The molecule has 0 saturated heterocycles. The molecule has 0 unspecified atom stereocenters. The van der Waals surface area contributed by atoms with Gasteiger partial charge < -0.3 is 4.74 Å². The van der Waals surface area contributed by atoms with Crippen molar-refractivity contribution in [3.05, 3.63) is 34.9 Å². The molecule has 0 aliphatic heterocycles. The van der Waals surface area contributed by atoms with Gasteiger partial charge in [0.05, 0.1) is 12.7 Å². The Hall–Kier alpha value is -1.31. The Morgan fingerprint density at radius 1 is 1.20 bits per heavy atom. The summed E-state index contributed by atoms with van der Waals surface area (Å²) in [6.07, 6.45) is 5.70. The van der Waals surface area contributed by atoms with E-state index in [4.69, 9.17) is 4.74 Å². The van der Waals surface area contributed by atoms with Gasteiger partial charge in [-0.2, -0.15) is 0 Å². The van der Waals surface area contributed by atoms with Crippen LogP contribution in [0.2, 0.25) is 0 Å². The number of benzene rings is 1. The molecule has 0 N–H and O–H groups in total. The zero-order chi connectivity index (χ0) is 10.7. The first-order valence-electron chi connectivity index (χ1n) is 5.51. The van der Waals surface area contributed by atoms with Gasteiger partial charge in [0.25, 0.3) is 0 Å². The van der Waals surface area contributed by atoms with Crippen LogP contribution in [0.4, 0.5) is 0 Å². The summed E-state index contributed by atoms with van der Waals surface area (Å²) < 4.78 is 4.80. The van der Waals surface area contributed by atoms with Crippen molar-refractivity contribution >= 4 is 5.97 Å². The zero-order valence-electron chi connectivity index (χ0n) is 9.08. The summed E-state index contributed by atoms with van der Waals surface area (Å²) in [5.41, 5.74) is 3.14. The van der Waals surface area contributed by atoms with Crippen LogP contribution in [0.3, 0.4) is 0 Å². The van der Waals surface area contributed by atoms with E-state index >= 15 is 0 Å². The molecule has 0 heterocycles. The number of carbonyl (C=O) groups is 1. The summed E-state index contributed by atoms with van der Waals surface area (Å²) in [5, 5.41) is 0. The molecular formula is C13H16O2. The molecule has 0 aromatic heterocycles. The van der Waals surface area contributed by atoms with Crippen molar-refractivity contribution in [3.63, 3.8) is 0 Å². The summed E-state index contributed by atoms with van der Waals surface area (Å²) in [7, 11) is 1.44. The topological polar surface area (TPSA) is 26.3 Å². The van der Waals surface area contributed by atoms with Crippen molar-refractivity contribution in [2.45, 2.75) is 32.1 Å². The third kappa shape index (κ3) is 2.20. The first kappa shape index (κ1) is 10.2. The third-order valence-corrected chi connectivity index (χ3v) is 2.99. The minimum absolute atomic E-state index is 0.200. The molecule has 2 heteroatoms. The first-order valence-corrected chi connectivity index (χ1v) is 5.51. The Labute approximate surface area is 90.3 Å². The molecule has 1 aromatic carbocycles. The highest BCUT2D eigenvalue weighted by Crippen LogP contribution is 2.20. The van der Waals surface area contributed by atoms with E-state index < -0.39 is 0 Å². The minimum atomic E-state index is -0.200. The van der Waals surface area contributed by atoms with Crippen LogP contribution in [0.5, 0.6) is 0 Å². The Bertz CT molecular complexity index is 369. The lowest BCUT2D eigenvalue weighted by Gasteiger charge is -2.07. The molecule has 0 spiro atoms. The molecule has 0 radical (unpaired) electrons. The normalized spacial score (nSPS) is 15.3. The molecule has 2 bridgehead atoms. The standard InChI is InChI=1S/C13H16O2/c1-15-13(14)12-9-10-5-3-2-4-6-11(12)8-7-10/h7-9H,2-6H2,1H3. The fraction of sp³-hybridized carbons (Fsp3) is 0.462. The number of fused-ring (bicyclic) bond motifs is 6. The van der Waals surface area contributed by atoms with Gasteiger partial charge in [-0.25, -0.2) is 4.79 Å². The average Bonchev–Trinajstić information content (AvgIpc) is 2.44. The van der Waals surface area contributed by atoms with Gasteiger partial charge >= 0.3 is 5.97 Å². The highest BCUT2D eigenvalue weighted by molar-refractivity contribution is 5.91. The van der Waals surface area contributed by atoms with Crippen LogP contribution < -0.4 is 0 Å². The third-order valence-electron chi connectivity index (χ3n) is 2.99. The van der Waals surface area contributed by atoms with Crippen LogP contribution in [0.1, 0.15) is 40.7 Å². The van der Waals surface area contributed by atoms with Gasteiger partial charge in [-0.1, -0.05) is 18.6 Å². The second kappa shape index (κ2) is 4.47. The van der Waals surface area contributed by atoms with Crippen LogP contribution in [-0.4, -0.2) is 13.1 Å². The maximum atomic E-state index is 11.6. The van der Waals surface area contributed by atoms with Gasteiger partial charge in [0.15, 0.2) is 0 Å². The molecule has 15 heavy (non-hydrogen) atoms. The number of esters is 1. The van der Waals surface area contributed by atoms with Crippen molar-refractivity contribution < 1.29 is 9.53 Å². The number of hydrogen-bond donors (Lipinski definition) is 0. The van der Waals surface area contributed by atoms with Crippen molar-refractivity contribution in [1.29, 1.82) is 0 Å². The predicted molar refractivity (Wildman–Crippen MR) is 59.0 cm³/mol. The van der Waals surface area contributed by atoms with E-state index in [1.54, 1.807) is 0 Å². The maximum absolute atomic E-state index is 11.6. The lowest BCUT2D eigenvalue weighted by molar-refractivity contribution is 0.0599. The number of carbonyl (C=O) groups excluding carboxylic acids is 1. The van der Waals surface area contributed by atoms with Crippen molar-refractivity contribution in [3.8, 4) is 0 Å². The summed E-state index contributed by atoms with van der Waals surface area (Å²) in [4.78, 5) is 11.6. The van der Waals surface area contributed by atoms with E-state index in [9.17, 15) is 4.79 Å². The number of ether oxygens (including phenoxy) is 1. The fourth-order valence-electron chi connectivity index (χ4n) is 2.12. The second-order valence-corrected chi connectivity index (χ2v) is 4.04. The molecule has 0 atom stereocenters. The SMILES string of the molecule is COC(=O)c1cc2ccc1CCCCC2. The quantitative estimate of drug-likeness (QED) is 0.657. The molecule has 2 aliphatic rings. The van der Waals surface area contributed by atoms with Gasteiger partial charge in [-0.3, -0.25) is 0 Å². The van der Waals surface area contributed by atoms with Crippen LogP contribution in [0, 0.1) is 0 Å². The molecular weight excluding hydrogens is 188 g/mol. The summed E-state index contributed by atoms with van der Waals surface area (Å²) in [6.45, 7) is 0. The average molecular weight is 204 g/mol. The van der Waals surface area contributed by atoms with Gasteiger partial charge in [0.1, 0.15) is 0 Å². The van der Waals surface area contributed by atoms with E-state index in [-0.39, 0.29) is 5.97 Å². The first-order chi connectivity index (χ1) is 7.31. The lowest BCUT2D eigenvalue weighted by atomic mass is 10.0. The van der Waals surface area contributed by atoms with Crippen molar-refractivity contribution in [2.24, 2.45) is 0 Å². The van der Waals surface area contributed by atoms with Gasteiger partial charge in [0.2, 0.25) is 0 Å². The van der Waals surface area contributed by atoms with E-state index in [1.807, 2.05) is 6.07 Å². The Kier molecular flexibility index (Phi) is 3.05. The minimum Gasteiger partial charge on any atom is -0.465 e. The number of aryl methyl sites for hydroxylation is 2. The summed E-state index contributed by atoms with van der Waals surface area (Å²) in [5.74, 6) is -0.200. The smallest absolute Gasteiger partial charge is 0.338 e. The summed E-state index contributed by atoms with van der Waals surface area (Å²) >= 11 is 0. The molecule has 0 fully saturated rings. The van der Waals surface area contributed by atoms with E-state index in [1.165, 1.54) is 31.9 Å². The predicted octanol–water partition coefficient (Wildman–Crippen LogP) is 2.74. The number of rotatable bonds is 1. The van der Waals surface area contributed by atoms with E-state index in [2.05, 4.69) is 12.1 Å². The summed E-state index contributed by atoms with van der Waals surface area (Å²) in [6, 6.07) is 6.20. The van der Waals surface area contributed by atoms with E-state index in [0.29, 0.717) is 0 Å². The van der Waals surface area contributed by atoms with Gasteiger partial charge in [-0.05, 0) is 42.9 Å². The van der Waals surface area contributed by atoms with Crippen molar-refractivity contribution in [2.75, 3.05) is 7.11 Å². The highest BCUT2D eigenvalue weighted by atomic mass is 16.5. The Balaban J connectivity index is 2.40. The molecule has 0 saturated carbocycles. The zero-order valence-corrected chi connectivity index (χ0v) is 9.08. The van der Waals surface area contributed by atoms with Gasteiger partial charge in [-0.15, -0.1) is 0 Å². The highest BCUT2D eigenvalue weighted by Gasteiger charge is 2.13. The molecule has 2 aliphatic carbocycles. The number of methoxy groups -OCH3 is 1.